The van der Waals surface area contributed by atoms with Gasteiger partial charge in [0, 0.05) is 13.7 Å². The molecule has 1 heterocycles. The van der Waals surface area contributed by atoms with Crippen LogP contribution in [0.4, 0.5) is 10.1 Å². The number of carbonyl (C=O) groups is 1. The first-order chi connectivity index (χ1) is 9.24. The normalized spacial score (nSPS) is 14.3. The van der Waals surface area contributed by atoms with Crippen LogP contribution in [0.2, 0.25) is 0 Å². The molecular weight excluding hydrogens is 249 g/mol. The molecule has 1 aliphatic heterocycles. The predicted molar refractivity (Wildman–Crippen MR) is 69.8 cm³/mol. The highest BCUT2D eigenvalue weighted by Gasteiger charge is 2.25. The molecule has 1 amide bonds. The van der Waals surface area contributed by atoms with Gasteiger partial charge in [0.1, 0.15) is 12.4 Å². The third kappa shape index (κ3) is 3.30. The molecule has 0 N–H and O–H groups in total. The van der Waals surface area contributed by atoms with Crippen LogP contribution in [0.15, 0.2) is 18.2 Å². The maximum atomic E-state index is 13.9. The van der Waals surface area contributed by atoms with Crippen molar-refractivity contribution in [3.8, 4) is 0 Å². The molecule has 0 radical (unpaired) electrons. The molecule has 104 valence electrons. The highest BCUT2D eigenvalue weighted by molar-refractivity contribution is 5.95. The lowest BCUT2D eigenvalue weighted by Crippen LogP contribution is -2.38. The van der Waals surface area contributed by atoms with Gasteiger partial charge in [0.25, 0.3) is 5.91 Å². The first kappa shape index (κ1) is 14.0. The minimum atomic E-state index is -0.345. The van der Waals surface area contributed by atoms with Gasteiger partial charge in [-0.05, 0) is 24.5 Å². The van der Waals surface area contributed by atoms with Crippen molar-refractivity contribution < 1.29 is 18.7 Å². The van der Waals surface area contributed by atoms with E-state index in [-0.39, 0.29) is 18.3 Å². The topological polar surface area (TPSA) is 38.8 Å². The van der Waals surface area contributed by atoms with E-state index in [4.69, 9.17) is 9.47 Å². The van der Waals surface area contributed by atoms with E-state index in [2.05, 4.69) is 0 Å². The van der Waals surface area contributed by atoms with Gasteiger partial charge in [-0.2, -0.15) is 0 Å². The van der Waals surface area contributed by atoms with Crippen LogP contribution in [0, 0.1) is 5.82 Å². The molecule has 1 aliphatic rings. The number of ether oxygens (including phenoxy) is 2. The van der Waals surface area contributed by atoms with Crippen LogP contribution in [0.1, 0.15) is 12.0 Å². The van der Waals surface area contributed by atoms with E-state index in [0.29, 0.717) is 25.4 Å². The number of aryl methyl sites for hydroxylation is 1. The summed E-state index contributed by atoms with van der Waals surface area (Å²) in [5.74, 6) is -0.551. The fraction of sp³-hybridized carbons (Fsp3) is 0.500. The number of anilines is 1. The second-order valence-electron chi connectivity index (χ2n) is 4.44. The van der Waals surface area contributed by atoms with Gasteiger partial charge >= 0.3 is 0 Å². The zero-order valence-corrected chi connectivity index (χ0v) is 11.0. The molecule has 0 unspecified atom stereocenters. The largest absolute Gasteiger partial charge is 0.382 e. The quantitative estimate of drug-likeness (QED) is 0.763. The van der Waals surface area contributed by atoms with Crippen LogP contribution in [-0.2, 0) is 20.7 Å². The maximum absolute atomic E-state index is 13.9. The van der Waals surface area contributed by atoms with Crippen molar-refractivity contribution >= 4 is 11.6 Å². The molecule has 4 nitrogen and oxygen atoms in total. The van der Waals surface area contributed by atoms with Gasteiger partial charge in [0.2, 0.25) is 0 Å². The van der Waals surface area contributed by atoms with Crippen molar-refractivity contribution in [3.05, 3.63) is 29.6 Å². The number of nitrogens with zero attached hydrogens (tertiary/aromatic N) is 1. The third-order valence-electron chi connectivity index (χ3n) is 3.13. The Morgan fingerprint density at radius 2 is 2.26 bits per heavy atom. The van der Waals surface area contributed by atoms with Crippen molar-refractivity contribution in [2.75, 3.05) is 38.4 Å². The molecule has 0 aromatic heterocycles. The molecule has 19 heavy (non-hydrogen) atoms. The molecule has 0 aliphatic carbocycles. The number of hydrogen-bond donors (Lipinski definition) is 0. The number of methoxy groups -OCH3 is 1. The van der Waals surface area contributed by atoms with Gasteiger partial charge in [-0.1, -0.05) is 12.1 Å². The molecule has 1 aromatic carbocycles. The monoisotopic (exact) mass is 267 g/mol. The molecule has 1 aromatic rings. The summed E-state index contributed by atoms with van der Waals surface area (Å²) in [6.45, 7) is 1.30. The lowest BCUT2D eigenvalue weighted by atomic mass is 10.0. The first-order valence-corrected chi connectivity index (χ1v) is 6.38. The van der Waals surface area contributed by atoms with Crippen LogP contribution in [-0.4, -0.2) is 39.4 Å². The van der Waals surface area contributed by atoms with E-state index in [1.54, 1.807) is 13.2 Å². The fourth-order valence-corrected chi connectivity index (χ4v) is 2.23. The van der Waals surface area contributed by atoms with Gasteiger partial charge in [-0.25, -0.2) is 4.39 Å². The van der Waals surface area contributed by atoms with E-state index < -0.39 is 0 Å². The molecule has 0 atom stereocenters. The summed E-state index contributed by atoms with van der Waals surface area (Å²) in [6, 6.07) is 4.93. The van der Waals surface area contributed by atoms with Gasteiger partial charge in [-0.15, -0.1) is 0 Å². The summed E-state index contributed by atoms with van der Waals surface area (Å²) in [7, 11) is 1.57. The fourth-order valence-electron chi connectivity index (χ4n) is 2.23. The number of benzene rings is 1. The second kappa shape index (κ2) is 6.63. The molecule has 5 heteroatoms. The van der Waals surface area contributed by atoms with Crippen molar-refractivity contribution in [1.82, 2.24) is 0 Å². The SMILES string of the molecule is COCCOCC(=O)N1CCCc2cccc(F)c21. The summed E-state index contributed by atoms with van der Waals surface area (Å²) < 4.78 is 23.9. The van der Waals surface area contributed by atoms with Crippen LogP contribution < -0.4 is 4.90 Å². The Balaban J connectivity index is 2.04. The maximum Gasteiger partial charge on any atom is 0.253 e. The summed E-state index contributed by atoms with van der Waals surface area (Å²) >= 11 is 0. The molecule has 2 rings (SSSR count). The Morgan fingerprint density at radius 3 is 3.05 bits per heavy atom. The van der Waals surface area contributed by atoms with E-state index in [1.165, 1.54) is 11.0 Å². The van der Waals surface area contributed by atoms with Gasteiger partial charge in [-0.3, -0.25) is 4.79 Å². The molecule has 0 fully saturated rings. The minimum absolute atomic E-state index is 0.0445. The Kier molecular flexibility index (Phi) is 4.87. The summed E-state index contributed by atoms with van der Waals surface area (Å²) in [6.07, 6.45) is 1.65. The Hall–Kier alpha value is -1.46. The summed E-state index contributed by atoms with van der Waals surface area (Å²) in [4.78, 5) is 13.6. The standard InChI is InChI=1S/C14H18FNO3/c1-18-8-9-19-10-13(17)16-7-3-5-11-4-2-6-12(15)14(11)16/h2,4,6H,3,5,7-10H2,1H3. The number of fused-ring (bicyclic) bond motifs is 1. The van der Waals surface area contributed by atoms with E-state index >= 15 is 0 Å². The molecule has 0 saturated carbocycles. The lowest BCUT2D eigenvalue weighted by Gasteiger charge is -2.29. The van der Waals surface area contributed by atoms with E-state index in [9.17, 15) is 9.18 Å². The Morgan fingerprint density at radius 1 is 1.42 bits per heavy atom. The van der Waals surface area contributed by atoms with Crippen LogP contribution >= 0.6 is 0 Å². The number of halogens is 1. The van der Waals surface area contributed by atoms with Gasteiger partial charge < -0.3 is 14.4 Å². The summed E-state index contributed by atoms with van der Waals surface area (Å²) in [5.41, 5.74) is 1.30. The number of rotatable bonds is 5. The van der Waals surface area contributed by atoms with Crippen LogP contribution in [0.25, 0.3) is 0 Å². The highest BCUT2D eigenvalue weighted by Crippen LogP contribution is 2.29. The number of amides is 1. The number of para-hydroxylation sites is 1. The first-order valence-electron chi connectivity index (χ1n) is 6.38. The highest BCUT2D eigenvalue weighted by atomic mass is 19.1. The summed E-state index contributed by atoms with van der Waals surface area (Å²) in [5, 5.41) is 0. The molecule has 0 saturated heterocycles. The number of carbonyl (C=O) groups excluding carboxylic acids is 1. The van der Waals surface area contributed by atoms with Crippen molar-refractivity contribution in [3.63, 3.8) is 0 Å². The molecule has 0 spiro atoms. The smallest absolute Gasteiger partial charge is 0.253 e. The Bertz CT molecular complexity index is 450. The van der Waals surface area contributed by atoms with Crippen LogP contribution in [0.5, 0.6) is 0 Å². The predicted octanol–water partition coefficient (Wildman–Crippen LogP) is 1.77. The van der Waals surface area contributed by atoms with Crippen molar-refractivity contribution in [2.45, 2.75) is 12.8 Å². The lowest BCUT2D eigenvalue weighted by molar-refractivity contribution is -0.123. The zero-order chi connectivity index (χ0) is 13.7. The average molecular weight is 267 g/mol. The van der Waals surface area contributed by atoms with Gasteiger partial charge in [0.05, 0.1) is 18.9 Å². The zero-order valence-electron chi connectivity index (χ0n) is 11.0. The molecular formula is C14H18FNO3. The Labute approximate surface area is 112 Å². The van der Waals surface area contributed by atoms with Gasteiger partial charge in [0.15, 0.2) is 0 Å². The minimum Gasteiger partial charge on any atom is -0.382 e. The van der Waals surface area contributed by atoms with Crippen molar-refractivity contribution in [1.29, 1.82) is 0 Å². The van der Waals surface area contributed by atoms with E-state index in [0.717, 1.165) is 18.4 Å². The third-order valence-corrected chi connectivity index (χ3v) is 3.13. The van der Waals surface area contributed by atoms with Crippen molar-refractivity contribution in [2.24, 2.45) is 0 Å². The second-order valence-corrected chi connectivity index (χ2v) is 4.44. The van der Waals surface area contributed by atoms with Crippen LogP contribution in [0.3, 0.4) is 0 Å². The molecule has 0 bridgehead atoms. The average Bonchev–Trinajstić information content (AvgIpc) is 2.43. The van der Waals surface area contributed by atoms with E-state index in [1.807, 2.05) is 6.07 Å². The number of hydrogen-bond acceptors (Lipinski definition) is 3.